The topological polar surface area (TPSA) is 91.6 Å². The first-order valence-electron chi connectivity index (χ1n) is 8.93. The van der Waals surface area contributed by atoms with Crippen molar-refractivity contribution in [2.45, 2.75) is 32.4 Å². The number of amides is 1. The number of hydrogen-bond donors (Lipinski definition) is 3. The van der Waals surface area contributed by atoms with Crippen molar-refractivity contribution in [3.05, 3.63) is 64.2 Å². The first-order valence-corrected chi connectivity index (χ1v) is 9.31. The fourth-order valence-corrected chi connectivity index (χ4v) is 2.84. The van der Waals surface area contributed by atoms with Crippen molar-refractivity contribution in [1.29, 1.82) is 5.41 Å². The second-order valence-corrected chi connectivity index (χ2v) is 7.01. The van der Waals surface area contributed by atoms with Crippen LogP contribution in [-0.4, -0.2) is 42.8 Å². The summed E-state index contributed by atoms with van der Waals surface area (Å²) in [6.45, 7) is 3.59. The molecule has 0 radical (unpaired) electrons. The zero-order valence-electron chi connectivity index (χ0n) is 16.2. The number of halogens is 1. The van der Waals surface area contributed by atoms with Crippen LogP contribution in [0.3, 0.4) is 0 Å². The highest BCUT2D eigenvalue weighted by atomic mass is 35.5. The van der Waals surface area contributed by atoms with Gasteiger partial charge in [0, 0.05) is 11.1 Å². The molecule has 0 saturated heterocycles. The predicted molar refractivity (Wildman–Crippen MR) is 110 cm³/mol. The van der Waals surface area contributed by atoms with E-state index in [1.54, 1.807) is 30.3 Å². The lowest BCUT2D eigenvalue weighted by atomic mass is 10.0. The minimum absolute atomic E-state index is 0.0186. The summed E-state index contributed by atoms with van der Waals surface area (Å²) in [6.07, 6.45) is 0.431. The van der Waals surface area contributed by atoms with Gasteiger partial charge in [-0.05, 0) is 56.2 Å². The third-order valence-electron chi connectivity index (χ3n) is 4.01. The molecule has 2 rings (SSSR count). The lowest BCUT2D eigenvalue weighted by molar-refractivity contribution is 0.0916. The smallest absolute Gasteiger partial charge is 0.251 e. The Morgan fingerprint density at radius 2 is 1.82 bits per heavy atom. The van der Waals surface area contributed by atoms with E-state index in [0.29, 0.717) is 28.3 Å². The van der Waals surface area contributed by atoms with Crippen molar-refractivity contribution in [2.75, 3.05) is 13.7 Å². The van der Waals surface area contributed by atoms with Crippen LogP contribution in [-0.2, 0) is 11.2 Å². The molecule has 0 bridgehead atoms. The Labute approximate surface area is 169 Å². The monoisotopic (exact) mass is 404 g/mol. The molecule has 3 N–H and O–H groups in total. The van der Waals surface area contributed by atoms with Gasteiger partial charge in [-0.3, -0.25) is 10.2 Å². The van der Waals surface area contributed by atoms with Crippen molar-refractivity contribution >= 4 is 23.4 Å². The van der Waals surface area contributed by atoms with Gasteiger partial charge in [-0.25, -0.2) is 0 Å². The predicted octanol–water partition coefficient (Wildman–Crippen LogP) is 3.43. The van der Waals surface area contributed by atoms with E-state index in [-0.39, 0.29) is 24.5 Å². The molecule has 150 valence electrons. The molecule has 0 spiro atoms. The molecule has 6 nitrogen and oxygen atoms in total. The Bertz CT molecular complexity index is 822. The van der Waals surface area contributed by atoms with Crippen LogP contribution in [0.2, 0.25) is 5.02 Å². The Morgan fingerprint density at radius 1 is 1.18 bits per heavy atom. The zero-order valence-corrected chi connectivity index (χ0v) is 16.9. The van der Waals surface area contributed by atoms with Gasteiger partial charge < -0.3 is 19.9 Å². The summed E-state index contributed by atoms with van der Waals surface area (Å²) in [5, 5.41) is 20.5. The summed E-state index contributed by atoms with van der Waals surface area (Å²) < 4.78 is 10.5. The Morgan fingerprint density at radius 3 is 2.36 bits per heavy atom. The molecular formula is C21H25ClN2O4. The number of ether oxygens (including phenoxy) is 2. The fraction of sp³-hybridized carbons (Fsp3) is 0.333. The van der Waals surface area contributed by atoms with Crippen LogP contribution >= 0.6 is 11.6 Å². The quantitative estimate of drug-likeness (QED) is 0.464. The number of methoxy groups -OCH3 is 1. The number of carbonyl (C=O) groups is 1. The van der Waals surface area contributed by atoms with Gasteiger partial charge in [-0.15, -0.1) is 0 Å². The van der Waals surface area contributed by atoms with Gasteiger partial charge in [0.2, 0.25) is 5.90 Å². The summed E-state index contributed by atoms with van der Waals surface area (Å²) in [5.74, 6) is 0.281. The molecule has 28 heavy (non-hydrogen) atoms. The minimum Gasteiger partial charge on any atom is -0.489 e. The highest BCUT2D eigenvalue weighted by Gasteiger charge is 2.16. The van der Waals surface area contributed by atoms with Gasteiger partial charge in [0.05, 0.1) is 30.9 Å². The molecule has 1 amide bonds. The Kier molecular flexibility index (Phi) is 7.84. The van der Waals surface area contributed by atoms with Crippen molar-refractivity contribution < 1.29 is 19.4 Å². The normalized spacial score (nSPS) is 11.8. The van der Waals surface area contributed by atoms with Gasteiger partial charge in [0.1, 0.15) is 5.75 Å². The molecule has 0 aromatic heterocycles. The summed E-state index contributed by atoms with van der Waals surface area (Å²) in [7, 11) is 1.45. The number of nitrogens with one attached hydrogen (secondary N) is 2. The lowest BCUT2D eigenvalue weighted by Gasteiger charge is -2.17. The number of rotatable bonds is 8. The van der Waals surface area contributed by atoms with Gasteiger partial charge >= 0.3 is 0 Å². The van der Waals surface area contributed by atoms with Gasteiger partial charge in [-0.2, -0.15) is 0 Å². The standard InChI is InChI=1S/C21H25ClN2O4/c1-13(2)28-19-9-8-16(11-18(19)22)21(26)24-17(12-25)10-14-4-6-15(7-5-14)20(23)27-3/h4-9,11,13,17,23,25H,10,12H2,1-3H3,(H,24,26)/t17-/m0/s1. The summed E-state index contributed by atoms with van der Waals surface area (Å²) in [4.78, 5) is 12.5. The third kappa shape index (κ3) is 5.97. The average Bonchev–Trinajstić information content (AvgIpc) is 2.68. The Balaban J connectivity index is 2.03. The third-order valence-corrected chi connectivity index (χ3v) is 4.31. The van der Waals surface area contributed by atoms with E-state index in [4.69, 9.17) is 26.5 Å². The summed E-state index contributed by atoms with van der Waals surface area (Å²) >= 11 is 6.19. The van der Waals surface area contributed by atoms with Gasteiger partial charge in [0.15, 0.2) is 0 Å². The van der Waals surface area contributed by atoms with Gasteiger partial charge in [-0.1, -0.05) is 23.7 Å². The summed E-state index contributed by atoms with van der Waals surface area (Å²) in [6, 6.07) is 11.6. The molecule has 2 aromatic carbocycles. The molecule has 0 heterocycles. The molecular weight excluding hydrogens is 380 g/mol. The average molecular weight is 405 g/mol. The maximum Gasteiger partial charge on any atom is 0.251 e. The first kappa shape index (κ1) is 21.7. The van der Waals surface area contributed by atoms with Crippen LogP contribution < -0.4 is 10.1 Å². The lowest BCUT2D eigenvalue weighted by Crippen LogP contribution is -2.39. The van der Waals surface area contributed by atoms with Crippen LogP contribution in [0.15, 0.2) is 42.5 Å². The number of aliphatic hydroxyl groups is 1. The molecule has 0 unspecified atom stereocenters. The Hall–Kier alpha value is -2.57. The second kappa shape index (κ2) is 10.1. The molecule has 0 aliphatic heterocycles. The van der Waals surface area contributed by atoms with Crippen LogP contribution in [0.5, 0.6) is 5.75 Å². The van der Waals surface area contributed by atoms with E-state index in [0.717, 1.165) is 5.56 Å². The minimum atomic E-state index is -0.453. The van der Waals surface area contributed by atoms with Crippen LogP contribution in [0.4, 0.5) is 0 Å². The van der Waals surface area contributed by atoms with Crippen LogP contribution in [0.1, 0.15) is 35.3 Å². The van der Waals surface area contributed by atoms with Crippen molar-refractivity contribution in [3.63, 3.8) is 0 Å². The van der Waals surface area contributed by atoms with Crippen LogP contribution in [0, 0.1) is 5.41 Å². The van der Waals surface area contributed by atoms with E-state index in [9.17, 15) is 9.90 Å². The number of carbonyl (C=O) groups excluding carboxylic acids is 1. The van der Waals surface area contributed by atoms with Gasteiger partial charge in [0.25, 0.3) is 5.91 Å². The van der Waals surface area contributed by atoms with E-state index in [2.05, 4.69) is 5.32 Å². The highest BCUT2D eigenvalue weighted by molar-refractivity contribution is 6.32. The van der Waals surface area contributed by atoms with Crippen molar-refractivity contribution in [1.82, 2.24) is 5.32 Å². The molecule has 1 atom stereocenters. The first-order chi connectivity index (χ1) is 13.3. The molecule has 0 fully saturated rings. The largest absolute Gasteiger partial charge is 0.489 e. The van der Waals surface area contributed by atoms with E-state index in [1.165, 1.54) is 7.11 Å². The number of hydrogen-bond acceptors (Lipinski definition) is 5. The number of aliphatic hydroxyl groups excluding tert-OH is 1. The second-order valence-electron chi connectivity index (χ2n) is 6.60. The molecule has 0 aliphatic carbocycles. The van der Waals surface area contributed by atoms with Crippen LogP contribution in [0.25, 0.3) is 0 Å². The molecule has 0 saturated carbocycles. The maximum atomic E-state index is 12.5. The zero-order chi connectivity index (χ0) is 20.7. The molecule has 0 aliphatic rings. The summed E-state index contributed by atoms with van der Waals surface area (Å²) in [5.41, 5.74) is 1.98. The van der Waals surface area contributed by atoms with Crippen molar-refractivity contribution in [2.24, 2.45) is 0 Å². The molecule has 7 heteroatoms. The van der Waals surface area contributed by atoms with E-state index in [1.807, 2.05) is 26.0 Å². The fourth-order valence-electron chi connectivity index (χ4n) is 2.62. The number of benzene rings is 2. The molecule has 2 aromatic rings. The van der Waals surface area contributed by atoms with E-state index < -0.39 is 6.04 Å². The van der Waals surface area contributed by atoms with Crippen molar-refractivity contribution in [3.8, 4) is 5.75 Å². The SMILES string of the molecule is COC(=N)c1ccc(C[C@@H](CO)NC(=O)c2ccc(OC(C)C)c(Cl)c2)cc1. The highest BCUT2D eigenvalue weighted by Crippen LogP contribution is 2.26. The maximum absolute atomic E-state index is 12.5. The van der Waals surface area contributed by atoms with E-state index >= 15 is 0 Å².